The van der Waals surface area contributed by atoms with Gasteiger partial charge in [-0.25, -0.2) is 65.5 Å². The van der Waals surface area contributed by atoms with Crippen LogP contribution in [0.4, 0.5) is 68.2 Å². The number of rotatable bonds is 22. The molecular weight excluding hydrogens is 2140 g/mol. The maximum Gasteiger partial charge on any atom is 0.289 e. The summed E-state index contributed by atoms with van der Waals surface area (Å²) >= 11 is 0. The number of aromatic amines is 2. The van der Waals surface area contributed by atoms with Crippen LogP contribution in [0.15, 0.2) is 197 Å². The smallest absolute Gasteiger partial charge is 0.289 e. The maximum absolute atomic E-state index is 11.1. The number of nitrogens with one attached hydrogen (secondary N) is 2. The van der Waals surface area contributed by atoms with Gasteiger partial charge in [-0.15, -0.1) is 12.4 Å². The van der Waals surface area contributed by atoms with Crippen LogP contribution in [-0.2, 0) is 9.47 Å². The summed E-state index contributed by atoms with van der Waals surface area (Å²) in [5, 5.41) is 115. The molecule has 0 spiro atoms. The average molecular weight is 2230 g/mol. The Morgan fingerprint density at radius 3 is 0.939 bits per heavy atom. The summed E-state index contributed by atoms with van der Waals surface area (Å²) in [5.74, 6) is 1.62. The summed E-state index contributed by atoms with van der Waals surface area (Å²) in [5.41, 5.74) is 33.9. The number of hydrogen-bond acceptors (Lipinski definition) is 26. The zero-order valence-electron chi connectivity index (χ0n) is 81.0. The summed E-state index contributed by atoms with van der Waals surface area (Å²) in [6, 6.07) is 16.3. The van der Waals surface area contributed by atoms with Crippen LogP contribution in [-0.4, -0.2) is 155 Å². The fourth-order valence-corrected chi connectivity index (χ4v) is 18.1. The van der Waals surface area contributed by atoms with Crippen molar-refractivity contribution in [2.24, 2.45) is 17.8 Å². The molecule has 21 rings (SSSR count). The molecule has 50 heteroatoms. The third-order valence-corrected chi connectivity index (χ3v) is 24.8. The van der Waals surface area contributed by atoms with Gasteiger partial charge in [0.05, 0.1) is 240 Å². The van der Waals surface area contributed by atoms with Gasteiger partial charge in [-0.2, -0.15) is 77.0 Å². The van der Waals surface area contributed by atoms with Crippen LogP contribution < -0.4 is 17.2 Å². The van der Waals surface area contributed by atoms with Crippen LogP contribution in [0.5, 0.6) is 0 Å². The monoisotopic (exact) mass is 2230 g/mol. The van der Waals surface area contributed by atoms with Crippen LogP contribution in [0.25, 0.3) is 129 Å². The number of aromatic nitrogens is 24. The van der Waals surface area contributed by atoms with Crippen molar-refractivity contribution in [1.29, 1.82) is 17.1 Å². The first-order chi connectivity index (χ1) is 71.4. The molecule has 148 heavy (non-hydrogen) atoms. The minimum absolute atomic E-state index is 0. The van der Waals surface area contributed by atoms with Crippen LogP contribution >= 0.6 is 12.4 Å². The number of anilines is 3. The molecule has 0 amide bonds. The number of hydrogen-bond donors (Lipinski definition) is 5. The van der Waals surface area contributed by atoms with E-state index >= 15 is 0 Å². The predicted molar refractivity (Wildman–Crippen MR) is 548 cm³/mol. The number of halogens is 1. The molecule has 18 aromatic heterocycles. The van der Waals surface area contributed by atoms with Gasteiger partial charge >= 0.3 is 0 Å². The quantitative estimate of drug-likeness (QED) is 0.0138. The summed E-state index contributed by atoms with van der Waals surface area (Å²) in [4.78, 5) is 52.6. The number of fused-ring (bicyclic) bond motifs is 6. The van der Waals surface area contributed by atoms with Crippen LogP contribution in [0.1, 0.15) is 142 Å². The van der Waals surface area contributed by atoms with E-state index in [4.69, 9.17) is 72.7 Å². The number of nitro groups is 3. The Hall–Kier alpha value is -18.5. The number of ether oxygens (including phenoxy) is 2. The average Bonchev–Trinajstić information content (AvgIpc) is 1.64. The minimum Gasteiger partial charge on any atom is -0.397 e. The van der Waals surface area contributed by atoms with E-state index in [2.05, 4.69) is 121 Å². The Labute approximate surface area is 877 Å². The van der Waals surface area contributed by atoms with Crippen molar-refractivity contribution in [3.8, 4) is 85.0 Å². The summed E-state index contributed by atoms with van der Waals surface area (Å²) in [7, 11) is 3.75. The number of H-pyrrole nitrogens is 2. The molecule has 4 unspecified atom stereocenters. The Bertz CT molecular complexity index is 8250. The Balaban J connectivity index is 0.000000156. The minimum atomic E-state index is -0.495. The van der Waals surface area contributed by atoms with Gasteiger partial charge in [0.1, 0.15) is 31.0 Å². The molecule has 0 bridgehead atoms. The molecule has 742 valence electrons. The van der Waals surface area contributed by atoms with Crippen LogP contribution in [0.3, 0.4) is 0 Å². The molecule has 0 aromatic carbocycles. The van der Waals surface area contributed by atoms with Gasteiger partial charge < -0.3 is 26.7 Å². The second-order valence-electron chi connectivity index (χ2n) is 33.7. The van der Waals surface area contributed by atoms with Crippen molar-refractivity contribution < 1.29 is 55.4 Å². The molecule has 3 fully saturated rings. The fraction of sp³-hybridized carbons (Fsp3) is 0.276. The van der Waals surface area contributed by atoms with Crippen LogP contribution in [0.2, 0.25) is 0 Å². The molecule has 8 N–H and O–H groups in total. The Morgan fingerprint density at radius 2 is 0.682 bits per heavy atom. The Kier molecular flexibility index (Phi) is 36.0. The molecule has 0 saturated heterocycles. The van der Waals surface area contributed by atoms with Crippen molar-refractivity contribution in [3.63, 3.8) is 0 Å². The summed E-state index contributed by atoms with van der Waals surface area (Å²) < 4.78 is 32.6. The summed E-state index contributed by atoms with van der Waals surface area (Å²) in [6.45, 7) is 52.8. The molecule has 3 saturated carbocycles. The maximum atomic E-state index is 11.1. The van der Waals surface area contributed by atoms with E-state index in [0.717, 1.165) is 75.6 Å². The number of nitrogen functional groups attached to an aromatic ring is 3. The van der Waals surface area contributed by atoms with Gasteiger partial charge in [0.15, 0.2) is 0 Å². The standard InChI is InChI=1S/C19H17N7O2.C19H19N7.C15H14N6O3.C15H16N6O.C11H6N6O2.C11H8N6.C8H11N.BH.ClH.U/c1-21-16-10-23-25-12-15(26(27)28)8-18(25)19(16)14-9-22-24(11-14)17(6-7-20)13-4-2-3-5-13;1-22-16-10-24-26-12-15(21)8-18(26)19(16)14-9-23-25(11-14)17(6-7-20)13-4-2-3-5-13;1-4-24-10(2)19-8-11(6-17-19)15-13(16-3)7-18-20-9-12(21(22)23)5-14(15)20;1-4-22-10(2)20-8-11(6-18-20)15-13(17-3)7-19-21-9-12(16)5-14(15)21;1-12-9-5-15-16-6-8(17(18)19)2-10(16)11(9)7-3-13-14-4-7;1-13-9-5-16-17-6-8(12)2-10(17)11(9)7-3-14-15-4-7;9-7-3-6-8-4-1-2-5-8;;;/h8-13,17H,2-6H2;8-13,17H,2-6,21H2;5-10H,4H2,1-2H3;5-10H,4,16H2,1-2H3;2-6H,(H,13,14);2-6H,12H2,(H,14,15);3,6,8H,1-2,4-5H2;2*1H;/b;;;;;;6-3-;;;/i;;;;;;;1D;;. The number of nitrogens with zero attached hydrogens (tertiary/aromatic N) is 34. The molecule has 2 radical (unpaired) electrons. The van der Waals surface area contributed by atoms with E-state index in [0.29, 0.717) is 145 Å². The fourth-order valence-electron chi connectivity index (χ4n) is 18.1. The number of nitrogens with two attached hydrogens (primary N) is 3. The molecule has 0 aliphatic heterocycles. The molecular formula is C98H93BClN39O8U. The van der Waals surface area contributed by atoms with E-state index in [1.807, 2.05) is 73.9 Å². The van der Waals surface area contributed by atoms with Crippen molar-refractivity contribution in [2.75, 3.05) is 30.4 Å². The third-order valence-electron chi connectivity index (χ3n) is 24.8. The van der Waals surface area contributed by atoms with E-state index in [1.54, 1.807) is 122 Å². The zero-order valence-corrected chi connectivity index (χ0v) is 85.0. The first kappa shape index (κ1) is 107. The topological polar surface area (TPSA) is 556 Å². The number of allylic oxidation sites excluding steroid dienone is 2. The normalized spacial score (nSPS) is 13.4. The van der Waals surface area contributed by atoms with E-state index in [-0.39, 0.29) is 85.1 Å². The predicted octanol–water partition coefficient (Wildman–Crippen LogP) is 20.4. The molecule has 47 nitrogen and oxygen atoms in total. The second-order valence-corrected chi connectivity index (χ2v) is 33.7. The SMILES string of the molecule is Cl.N#C/C=C\C1CCCC1.[2H][B].[C-]#[N+]c1cnn2cc(N)cc2c1-c1cn[nH]c1.[C-]#[N+]c1cnn2cc(N)cc2c1-c1cnn(C(C)OCC)c1.[C-]#[N+]c1cnn2cc(N)cc2c1-c1cnn(C(CC#N)C2CCCC2)c1.[C-]#[N+]c1cnn2cc([N+](=O)[O-])cc2c1-c1cn[nH]c1.[C-]#[N+]c1cnn2cc([N+](=O)[O-])cc2c1-c1cnn(C(C)OCC)c1.[C-]#[N+]c1cnn2cc([N+](=O)[O-])cc2c1-c1cnn(C(CC#N)C2CCCC2)c1.[U]. The van der Waals surface area contributed by atoms with Gasteiger partial charge in [0.2, 0.25) is 34.1 Å². The number of nitriles is 3. The van der Waals surface area contributed by atoms with Gasteiger partial charge in [-0.05, 0) is 104 Å². The van der Waals surface area contributed by atoms with Gasteiger partial charge in [-0.1, -0.05) is 44.6 Å². The van der Waals surface area contributed by atoms with Crippen molar-refractivity contribution in [1.82, 2.24) is 117 Å². The van der Waals surface area contributed by atoms with Crippen LogP contribution in [0, 0.1) is 153 Å². The van der Waals surface area contributed by atoms with Gasteiger partial charge in [0.25, 0.3) is 17.1 Å². The first-order valence-electron chi connectivity index (χ1n) is 46.2. The van der Waals surface area contributed by atoms with E-state index in [9.17, 15) is 40.9 Å². The third kappa shape index (κ3) is 24.2. The second kappa shape index (κ2) is 49.9. The Morgan fingerprint density at radius 1 is 0.419 bits per heavy atom. The van der Waals surface area contributed by atoms with Gasteiger partial charge in [0, 0.05) is 181 Å². The largest absolute Gasteiger partial charge is 0.397 e. The van der Waals surface area contributed by atoms with Crippen molar-refractivity contribution in [3.05, 3.63) is 296 Å². The zero-order chi connectivity index (χ0) is 104. The summed E-state index contributed by atoms with van der Waals surface area (Å²) in [6.07, 6.45) is 57.3. The van der Waals surface area contributed by atoms with E-state index in [1.165, 1.54) is 133 Å². The van der Waals surface area contributed by atoms with Gasteiger partial charge in [-0.3, -0.25) is 49.9 Å². The molecule has 3 aliphatic rings. The first-order valence-corrected chi connectivity index (χ1v) is 45.7. The molecule has 3 aliphatic carbocycles. The molecule has 4 atom stereocenters. The van der Waals surface area contributed by atoms with Crippen molar-refractivity contribution in [2.45, 2.75) is 142 Å². The molecule has 18 aromatic rings. The van der Waals surface area contributed by atoms with Crippen molar-refractivity contribution >= 4 is 122 Å². The molecule has 18 heterocycles. The van der Waals surface area contributed by atoms with E-state index < -0.39 is 14.8 Å².